The Hall–Kier alpha value is -4.82. The molecule has 0 fully saturated rings. The highest BCUT2D eigenvalue weighted by molar-refractivity contribution is 6.25. The predicted octanol–water partition coefficient (Wildman–Crippen LogP) is 7.98. The van der Waals surface area contributed by atoms with Crippen molar-refractivity contribution in [1.29, 1.82) is 0 Å². The molecule has 38 heavy (non-hydrogen) atoms. The molecule has 0 atom stereocenters. The fourth-order valence-corrected chi connectivity index (χ4v) is 5.87. The number of benzene rings is 5. The summed E-state index contributed by atoms with van der Waals surface area (Å²) < 4.78 is 4.51. The molecule has 0 aliphatic rings. The molecule has 2 heteroatoms. The van der Waals surface area contributed by atoms with Crippen LogP contribution < -0.4 is 9.35 Å². The molecule has 2 aromatic heterocycles. The zero-order valence-corrected chi connectivity index (χ0v) is 21.6. The quantitative estimate of drug-likeness (QED) is 0.176. The first kappa shape index (κ1) is 22.4. The van der Waals surface area contributed by atoms with E-state index in [0.717, 1.165) is 11.4 Å². The summed E-state index contributed by atoms with van der Waals surface area (Å²) in [5, 5.41) is 7.78. The third-order valence-corrected chi connectivity index (χ3v) is 7.70. The lowest BCUT2D eigenvalue weighted by molar-refractivity contribution is -1.29. The van der Waals surface area contributed by atoms with E-state index >= 15 is 0 Å². The van der Waals surface area contributed by atoms with Crippen LogP contribution in [0.25, 0.3) is 54.8 Å². The van der Waals surface area contributed by atoms with E-state index in [0.29, 0.717) is 0 Å². The van der Waals surface area contributed by atoms with Gasteiger partial charge in [0.2, 0.25) is 12.4 Å². The Morgan fingerprint density at radius 1 is 0.368 bits per heavy atom. The second-order valence-electron chi connectivity index (χ2n) is 9.98. The van der Waals surface area contributed by atoms with Crippen LogP contribution in [-0.4, -0.2) is 0 Å². The summed E-state index contributed by atoms with van der Waals surface area (Å²) in [4.78, 5) is 0. The van der Waals surface area contributed by atoms with Crippen LogP contribution >= 0.6 is 0 Å². The van der Waals surface area contributed by atoms with Gasteiger partial charge in [0, 0.05) is 24.3 Å². The Bertz CT molecular complexity index is 2000. The van der Waals surface area contributed by atoms with Crippen LogP contribution in [0.5, 0.6) is 0 Å². The predicted molar refractivity (Wildman–Crippen MR) is 157 cm³/mol. The summed E-state index contributed by atoms with van der Waals surface area (Å²) in [5.41, 5.74) is 7.26. The Balaban J connectivity index is 1.53. The van der Waals surface area contributed by atoms with Crippen molar-refractivity contribution in [3.05, 3.63) is 145 Å². The normalized spacial score (nSPS) is 11.4. The molecule has 2 heterocycles. The van der Waals surface area contributed by atoms with Gasteiger partial charge in [0.25, 0.3) is 11.4 Å². The van der Waals surface area contributed by atoms with E-state index in [9.17, 15) is 0 Å². The summed E-state index contributed by atoms with van der Waals surface area (Å²) in [7, 11) is 0. The summed E-state index contributed by atoms with van der Waals surface area (Å²) in [5.74, 6) is 0. The molecule has 7 aromatic rings. The van der Waals surface area contributed by atoms with Crippen LogP contribution in [-0.2, 0) is 0 Å². The highest BCUT2D eigenvalue weighted by Gasteiger charge is 2.28. The lowest BCUT2D eigenvalue weighted by Crippen LogP contribution is -2.68. The van der Waals surface area contributed by atoms with Gasteiger partial charge in [0.1, 0.15) is 0 Å². The first-order valence-electron chi connectivity index (χ1n) is 13.1. The molecule has 0 radical (unpaired) electrons. The third-order valence-electron chi connectivity index (χ3n) is 7.70. The SMILES string of the molecule is Cc1ccccc1-c1cccc[n+]1-[n+]1ccccc1-c1cc2c3ccccc3c3ccccc3c2cc1C. The Morgan fingerprint density at radius 3 is 1.39 bits per heavy atom. The fraction of sp³-hybridized carbons (Fsp3) is 0.0556. The maximum atomic E-state index is 2.39. The average molecular weight is 489 g/mol. The third kappa shape index (κ3) is 3.49. The van der Waals surface area contributed by atoms with Gasteiger partial charge in [-0.3, -0.25) is 0 Å². The molecule has 0 bridgehead atoms. The zero-order chi connectivity index (χ0) is 25.6. The molecule has 0 aliphatic carbocycles. The fourth-order valence-electron chi connectivity index (χ4n) is 5.87. The van der Waals surface area contributed by atoms with Crippen molar-refractivity contribution >= 4 is 32.3 Å². The van der Waals surface area contributed by atoms with Crippen molar-refractivity contribution in [3.8, 4) is 22.5 Å². The second kappa shape index (κ2) is 8.93. The zero-order valence-electron chi connectivity index (χ0n) is 21.6. The Morgan fingerprint density at radius 2 is 0.816 bits per heavy atom. The minimum atomic E-state index is 1.15. The standard InChI is InChI=1S/C36H28N2/c1-25-13-3-4-14-27(25)35-19-9-11-21-37(35)38-22-12-10-20-36(38)32-24-34-31-18-8-6-16-29(31)28-15-5-7-17-30(28)33(34)23-26(32)2/h3-24H,1-2H3/q+2. The number of nitrogens with zero attached hydrogens (tertiary/aromatic N) is 2. The molecular weight excluding hydrogens is 460 g/mol. The number of aryl methyl sites for hydroxylation is 2. The van der Waals surface area contributed by atoms with E-state index in [4.69, 9.17) is 0 Å². The van der Waals surface area contributed by atoms with Crippen molar-refractivity contribution < 1.29 is 9.35 Å². The van der Waals surface area contributed by atoms with E-state index in [1.807, 2.05) is 0 Å². The summed E-state index contributed by atoms with van der Waals surface area (Å²) in [6, 6.07) is 43.7. The minimum Gasteiger partial charge on any atom is -0.0620 e. The maximum Gasteiger partial charge on any atom is 0.284 e. The Labute approximate surface area is 222 Å². The lowest BCUT2D eigenvalue weighted by atomic mass is 9.91. The van der Waals surface area contributed by atoms with E-state index in [-0.39, 0.29) is 0 Å². The molecular formula is C36H28N2+2. The highest BCUT2D eigenvalue weighted by Crippen LogP contribution is 2.38. The minimum absolute atomic E-state index is 1.15. The maximum absolute atomic E-state index is 2.39. The second-order valence-corrected chi connectivity index (χ2v) is 9.98. The van der Waals surface area contributed by atoms with Gasteiger partial charge in [0.15, 0.2) is 0 Å². The van der Waals surface area contributed by atoms with E-state index < -0.39 is 0 Å². The molecule has 0 unspecified atom stereocenters. The number of rotatable bonds is 3. The van der Waals surface area contributed by atoms with Gasteiger partial charge in [-0.2, -0.15) is 0 Å². The molecule has 0 N–H and O–H groups in total. The molecule has 5 aromatic carbocycles. The number of fused-ring (bicyclic) bond motifs is 6. The number of pyridine rings is 2. The smallest absolute Gasteiger partial charge is 0.0620 e. The number of hydrogen-bond donors (Lipinski definition) is 0. The molecule has 0 aliphatic heterocycles. The van der Waals surface area contributed by atoms with Gasteiger partial charge in [-0.15, -0.1) is 0 Å². The van der Waals surface area contributed by atoms with Gasteiger partial charge in [-0.25, -0.2) is 0 Å². The van der Waals surface area contributed by atoms with E-state index in [1.165, 1.54) is 54.6 Å². The monoisotopic (exact) mass is 488 g/mol. The topological polar surface area (TPSA) is 7.76 Å². The van der Waals surface area contributed by atoms with Crippen LogP contribution in [0.1, 0.15) is 11.1 Å². The first-order chi connectivity index (χ1) is 18.7. The number of aromatic nitrogens is 2. The molecule has 2 nitrogen and oxygen atoms in total. The summed E-state index contributed by atoms with van der Waals surface area (Å²) in [6.45, 7) is 4.40. The van der Waals surface area contributed by atoms with Crippen LogP contribution in [0.2, 0.25) is 0 Å². The van der Waals surface area contributed by atoms with Crippen molar-refractivity contribution in [2.75, 3.05) is 0 Å². The van der Waals surface area contributed by atoms with Gasteiger partial charge in [0.05, 0.1) is 20.5 Å². The highest BCUT2D eigenvalue weighted by atomic mass is 15.4. The first-order valence-corrected chi connectivity index (χ1v) is 13.1. The molecule has 0 spiro atoms. The van der Waals surface area contributed by atoms with E-state index in [2.05, 4.69) is 157 Å². The van der Waals surface area contributed by atoms with Crippen LogP contribution in [0.3, 0.4) is 0 Å². The van der Waals surface area contributed by atoms with Gasteiger partial charge in [-0.1, -0.05) is 66.7 Å². The van der Waals surface area contributed by atoms with Gasteiger partial charge < -0.3 is 0 Å². The lowest BCUT2D eigenvalue weighted by Gasteiger charge is -2.13. The molecule has 7 rings (SSSR count). The van der Waals surface area contributed by atoms with Crippen LogP contribution in [0.4, 0.5) is 0 Å². The van der Waals surface area contributed by atoms with Crippen molar-refractivity contribution in [2.45, 2.75) is 13.8 Å². The van der Waals surface area contributed by atoms with Crippen molar-refractivity contribution in [3.63, 3.8) is 0 Å². The van der Waals surface area contributed by atoms with E-state index in [1.54, 1.807) is 0 Å². The van der Waals surface area contributed by atoms with Crippen LogP contribution in [0, 0.1) is 13.8 Å². The molecule has 0 saturated heterocycles. The largest absolute Gasteiger partial charge is 0.284 e. The van der Waals surface area contributed by atoms with Gasteiger partial charge in [-0.05, 0) is 87.6 Å². The van der Waals surface area contributed by atoms with Gasteiger partial charge >= 0.3 is 0 Å². The number of hydrogen-bond acceptors (Lipinski definition) is 0. The van der Waals surface area contributed by atoms with Crippen molar-refractivity contribution in [2.24, 2.45) is 0 Å². The van der Waals surface area contributed by atoms with Crippen molar-refractivity contribution in [1.82, 2.24) is 0 Å². The Kier molecular flexibility index (Phi) is 5.26. The summed E-state index contributed by atoms with van der Waals surface area (Å²) in [6.07, 6.45) is 4.30. The molecule has 0 saturated carbocycles. The van der Waals surface area contributed by atoms with Crippen LogP contribution in [0.15, 0.2) is 134 Å². The average Bonchev–Trinajstić information content (AvgIpc) is 2.97. The molecule has 180 valence electrons. The molecule has 0 amide bonds. The summed E-state index contributed by atoms with van der Waals surface area (Å²) >= 11 is 0.